The van der Waals surface area contributed by atoms with Crippen LogP contribution in [0.5, 0.6) is 0 Å². The molecule has 0 unspecified atom stereocenters. The van der Waals surface area contributed by atoms with Gasteiger partial charge in [-0.3, -0.25) is 0 Å². The molecule has 29 heavy (non-hydrogen) atoms. The highest BCUT2D eigenvalue weighted by Gasteiger charge is 2.26. The van der Waals surface area contributed by atoms with Gasteiger partial charge in [0, 0.05) is 11.4 Å². The van der Waals surface area contributed by atoms with Gasteiger partial charge in [0.05, 0.1) is 0 Å². The molecule has 0 saturated heterocycles. The molecule has 0 fully saturated rings. The summed E-state index contributed by atoms with van der Waals surface area (Å²) in [5.74, 6) is 0. The van der Waals surface area contributed by atoms with E-state index in [4.69, 9.17) is 5.73 Å². The minimum atomic E-state index is 0.437. The smallest absolute Gasteiger partial charge is 0.0182 e. The lowest BCUT2D eigenvalue weighted by Crippen LogP contribution is -2.25. The van der Waals surface area contributed by atoms with E-state index in [9.17, 15) is 0 Å². The van der Waals surface area contributed by atoms with Gasteiger partial charge in [-0.1, -0.05) is 98.7 Å². The summed E-state index contributed by atoms with van der Waals surface area (Å²) in [5, 5.41) is 2.74. The number of fused-ring (bicyclic) bond motifs is 1. The van der Waals surface area contributed by atoms with Crippen LogP contribution >= 0.6 is 11.8 Å². The second kappa shape index (κ2) is 15.4. The predicted octanol–water partition coefficient (Wildman–Crippen LogP) is 8.65. The molecule has 0 atom stereocenters. The zero-order chi connectivity index (χ0) is 23.1. The molecule has 0 amide bonds. The molecule has 0 aromatic heterocycles. The summed E-state index contributed by atoms with van der Waals surface area (Å²) in [6.07, 6.45) is 5.04. The van der Waals surface area contributed by atoms with Crippen LogP contribution in [-0.4, -0.2) is 12.8 Å². The van der Waals surface area contributed by atoms with Crippen molar-refractivity contribution in [2.24, 2.45) is 16.6 Å². The summed E-state index contributed by atoms with van der Waals surface area (Å²) >= 11 is 1.81. The van der Waals surface area contributed by atoms with Gasteiger partial charge in [-0.05, 0) is 52.5 Å². The van der Waals surface area contributed by atoms with Gasteiger partial charge in [0.25, 0.3) is 0 Å². The highest BCUT2D eigenvalue weighted by molar-refractivity contribution is 7.98. The molecule has 0 radical (unpaired) electrons. The molecule has 2 heteroatoms. The Kier molecular flexibility index (Phi) is 15.8. The van der Waals surface area contributed by atoms with Gasteiger partial charge in [0.15, 0.2) is 0 Å². The molecule has 0 saturated carbocycles. The summed E-state index contributed by atoms with van der Waals surface area (Å²) in [4.78, 5) is 1.36. The summed E-state index contributed by atoms with van der Waals surface area (Å²) in [5.41, 5.74) is 9.73. The maximum Gasteiger partial charge on any atom is 0.0182 e. The number of nitrogens with two attached hydrogens (primary N) is 1. The first-order chi connectivity index (χ1) is 13.4. The molecule has 2 rings (SSSR count). The summed E-state index contributed by atoms with van der Waals surface area (Å²) in [6, 6.07) is 13.0. The minimum absolute atomic E-state index is 0.437. The topological polar surface area (TPSA) is 26.0 Å². The highest BCUT2D eigenvalue weighted by Crippen LogP contribution is 2.36. The van der Waals surface area contributed by atoms with Gasteiger partial charge in [0.1, 0.15) is 0 Å². The molecule has 0 aliphatic carbocycles. The van der Waals surface area contributed by atoms with Crippen LogP contribution in [0.15, 0.2) is 59.7 Å². The van der Waals surface area contributed by atoms with Crippen molar-refractivity contribution in [1.29, 1.82) is 0 Å². The van der Waals surface area contributed by atoms with Crippen LogP contribution in [0.3, 0.4) is 0 Å². The molecular formula is C27H45NS. The lowest BCUT2D eigenvalue weighted by atomic mass is 9.71. The Morgan fingerprint density at radius 3 is 1.72 bits per heavy atom. The average Bonchev–Trinajstić information content (AvgIpc) is 2.62. The van der Waals surface area contributed by atoms with Crippen molar-refractivity contribution >= 4 is 22.5 Å². The van der Waals surface area contributed by atoms with E-state index in [2.05, 4.69) is 117 Å². The fourth-order valence-electron chi connectivity index (χ4n) is 1.70. The molecule has 0 heterocycles. The van der Waals surface area contributed by atoms with Crippen LogP contribution in [0.25, 0.3) is 10.8 Å². The van der Waals surface area contributed by atoms with E-state index in [-0.39, 0.29) is 0 Å². The lowest BCUT2D eigenvalue weighted by molar-refractivity contribution is 0.157. The zero-order valence-electron chi connectivity index (χ0n) is 20.6. The van der Waals surface area contributed by atoms with Crippen LogP contribution in [-0.2, 0) is 0 Å². The van der Waals surface area contributed by atoms with Crippen molar-refractivity contribution in [3.63, 3.8) is 0 Å². The predicted molar refractivity (Wildman–Crippen MR) is 138 cm³/mol. The van der Waals surface area contributed by atoms with Crippen LogP contribution in [0.1, 0.15) is 67.4 Å². The number of rotatable bonds is 2. The molecule has 0 bridgehead atoms. The maximum atomic E-state index is 4.98. The van der Waals surface area contributed by atoms with Crippen molar-refractivity contribution in [3.8, 4) is 0 Å². The standard InChI is InChI=1S/C12H12S.C8H18.C4H7N.C3H8/c1-9-5-3-7-11-10(9)6-4-8-12(11)13-2;1-7(2,3)8(4,5)6;1-2-3-4-5;1-3-2/h3-8H,1-2H3;1-6H3;3H,1,4-5H2;3H2,1-2H3. The van der Waals surface area contributed by atoms with Gasteiger partial charge < -0.3 is 5.73 Å². The largest absolute Gasteiger partial charge is 0.326 e. The lowest BCUT2D eigenvalue weighted by Gasteiger charge is -2.34. The van der Waals surface area contributed by atoms with Crippen LogP contribution in [0.2, 0.25) is 0 Å². The molecular weight excluding hydrogens is 370 g/mol. The zero-order valence-corrected chi connectivity index (χ0v) is 21.5. The molecule has 2 aromatic rings. The Hall–Kier alpha value is -1.47. The van der Waals surface area contributed by atoms with Crippen molar-refractivity contribution < 1.29 is 0 Å². The quantitative estimate of drug-likeness (QED) is 0.392. The molecule has 0 aliphatic rings. The number of hydrogen-bond acceptors (Lipinski definition) is 2. The first-order valence-electron chi connectivity index (χ1n) is 10.5. The fraction of sp³-hybridized carbons (Fsp3) is 0.519. The van der Waals surface area contributed by atoms with Crippen molar-refractivity contribution in [3.05, 3.63) is 60.3 Å². The third-order valence-electron chi connectivity index (χ3n) is 4.83. The van der Waals surface area contributed by atoms with E-state index in [0.717, 1.165) is 0 Å². The number of aryl methyl sites for hydroxylation is 1. The summed E-state index contributed by atoms with van der Waals surface area (Å²) < 4.78 is 0. The van der Waals surface area contributed by atoms with Gasteiger partial charge in [-0.25, -0.2) is 0 Å². The van der Waals surface area contributed by atoms with Crippen molar-refractivity contribution in [2.45, 2.75) is 73.6 Å². The Morgan fingerprint density at radius 2 is 1.38 bits per heavy atom. The molecule has 0 aliphatic heterocycles. The second-order valence-corrected chi connectivity index (χ2v) is 9.83. The summed E-state index contributed by atoms with van der Waals surface area (Å²) in [7, 11) is 0. The van der Waals surface area contributed by atoms with Gasteiger partial charge in [0.2, 0.25) is 0 Å². The highest BCUT2D eigenvalue weighted by atomic mass is 32.2. The normalized spacial score (nSPS) is 10.3. The fourth-order valence-corrected chi connectivity index (χ4v) is 2.31. The number of thioether (sulfide) groups is 1. The molecule has 0 spiro atoms. The van der Waals surface area contributed by atoms with E-state index in [1.807, 2.05) is 0 Å². The van der Waals surface area contributed by atoms with Crippen molar-refractivity contribution in [2.75, 3.05) is 12.8 Å². The van der Waals surface area contributed by atoms with E-state index in [0.29, 0.717) is 17.4 Å². The third kappa shape index (κ3) is 12.6. The minimum Gasteiger partial charge on any atom is -0.326 e. The van der Waals surface area contributed by atoms with E-state index in [1.54, 1.807) is 17.8 Å². The second-order valence-electron chi connectivity index (χ2n) is 8.98. The first-order valence-corrected chi connectivity index (χ1v) is 11.7. The maximum absolute atomic E-state index is 4.98. The van der Waals surface area contributed by atoms with E-state index in [1.165, 1.54) is 27.7 Å². The summed E-state index contributed by atoms with van der Waals surface area (Å²) in [6.45, 7) is 23.9. The Morgan fingerprint density at radius 1 is 0.931 bits per heavy atom. The molecule has 2 aromatic carbocycles. The van der Waals surface area contributed by atoms with Gasteiger partial charge in [-0.2, -0.15) is 0 Å². The number of hydrogen-bond donors (Lipinski definition) is 1. The molecule has 2 N–H and O–H groups in total. The van der Waals surface area contributed by atoms with Crippen molar-refractivity contribution in [1.82, 2.24) is 0 Å². The van der Waals surface area contributed by atoms with Crippen LogP contribution < -0.4 is 5.73 Å². The van der Waals surface area contributed by atoms with Crippen LogP contribution in [0, 0.1) is 17.8 Å². The Labute approximate surface area is 185 Å². The first kappa shape index (κ1) is 29.7. The molecule has 1 nitrogen and oxygen atoms in total. The SMILES string of the molecule is C=C=CCN.CC(C)(C)C(C)(C)C.CCC.CSc1cccc2c(C)cccc12. The van der Waals surface area contributed by atoms with Gasteiger partial charge >= 0.3 is 0 Å². The average molecular weight is 416 g/mol. The van der Waals surface area contributed by atoms with E-state index >= 15 is 0 Å². The van der Waals surface area contributed by atoms with E-state index < -0.39 is 0 Å². The third-order valence-corrected chi connectivity index (χ3v) is 5.63. The monoisotopic (exact) mass is 415 g/mol. The van der Waals surface area contributed by atoms with Crippen LogP contribution in [0.4, 0.5) is 0 Å². The Bertz CT molecular complexity index is 714. The molecule has 164 valence electrons. The number of benzene rings is 2. The Balaban J connectivity index is 0. The van der Waals surface area contributed by atoms with Gasteiger partial charge in [-0.15, -0.1) is 17.5 Å².